The number of carboxylic acid groups (broad SMARTS) is 1. The quantitative estimate of drug-likeness (QED) is 0.500. The molecule has 2 N–H and O–H groups in total. The Morgan fingerprint density at radius 1 is 1.43 bits per heavy atom. The first-order valence-corrected chi connectivity index (χ1v) is 4.31. The van der Waals surface area contributed by atoms with Crippen molar-refractivity contribution in [2.45, 2.75) is 32.3 Å². The predicted molar refractivity (Wildman–Crippen MR) is 48.7 cm³/mol. The van der Waals surface area contributed by atoms with Gasteiger partial charge in [0, 0.05) is 0 Å². The standard InChI is InChI=1S/C9H16O5/c1-9(2,13)5-4-6(7(10)11)8(12)14-3/h6,13H,4-5H2,1-3H3,(H,10,11). The SMILES string of the molecule is COC(=O)C(CCC(C)(C)O)C(=O)O. The van der Waals surface area contributed by atoms with Gasteiger partial charge in [-0.25, -0.2) is 0 Å². The zero-order valence-electron chi connectivity index (χ0n) is 8.61. The highest BCUT2D eigenvalue weighted by atomic mass is 16.5. The molecular weight excluding hydrogens is 188 g/mol. The van der Waals surface area contributed by atoms with Gasteiger partial charge in [0.05, 0.1) is 12.7 Å². The molecule has 0 aliphatic heterocycles. The fourth-order valence-electron chi connectivity index (χ4n) is 0.982. The molecule has 0 fully saturated rings. The minimum Gasteiger partial charge on any atom is -0.481 e. The molecule has 0 saturated carbocycles. The zero-order chi connectivity index (χ0) is 11.4. The third kappa shape index (κ3) is 4.81. The van der Waals surface area contributed by atoms with Crippen molar-refractivity contribution >= 4 is 11.9 Å². The summed E-state index contributed by atoms with van der Waals surface area (Å²) in [4.78, 5) is 21.6. The Morgan fingerprint density at radius 2 is 1.93 bits per heavy atom. The number of aliphatic hydroxyl groups is 1. The van der Waals surface area contributed by atoms with Crippen molar-refractivity contribution in [1.82, 2.24) is 0 Å². The van der Waals surface area contributed by atoms with Gasteiger partial charge >= 0.3 is 11.9 Å². The number of aliphatic carboxylic acids is 1. The van der Waals surface area contributed by atoms with E-state index >= 15 is 0 Å². The van der Waals surface area contributed by atoms with Crippen LogP contribution < -0.4 is 0 Å². The molecule has 5 nitrogen and oxygen atoms in total. The van der Waals surface area contributed by atoms with Crippen molar-refractivity contribution in [3.05, 3.63) is 0 Å². The van der Waals surface area contributed by atoms with E-state index < -0.39 is 23.5 Å². The molecule has 0 bridgehead atoms. The molecule has 0 aromatic heterocycles. The van der Waals surface area contributed by atoms with E-state index in [1.54, 1.807) is 13.8 Å². The van der Waals surface area contributed by atoms with Crippen LogP contribution >= 0.6 is 0 Å². The lowest BCUT2D eigenvalue weighted by Gasteiger charge is -2.18. The molecule has 0 amide bonds. The fourth-order valence-corrected chi connectivity index (χ4v) is 0.982. The van der Waals surface area contributed by atoms with Crippen molar-refractivity contribution < 1.29 is 24.5 Å². The number of carboxylic acids is 1. The Morgan fingerprint density at radius 3 is 2.21 bits per heavy atom. The zero-order valence-corrected chi connectivity index (χ0v) is 8.61. The number of hydrogen-bond donors (Lipinski definition) is 2. The summed E-state index contributed by atoms with van der Waals surface area (Å²) in [5, 5.41) is 18.0. The normalized spacial score (nSPS) is 13.4. The number of hydrogen-bond acceptors (Lipinski definition) is 4. The summed E-state index contributed by atoms with van der Waals surface area (Å²) in [7, 11) is 1.14. The Labute approximate surface area is 82.7 Å². The average Bonchev–Trinajstić information content (AvgIpc) is 2.01. The largest absolute Gasteiger partial charge is 0.481 e. The number of esters is 1. The average molecular weight is 204 g/mol. The third-order valence-corrected chi connectivity index (χ3v) is 1.83. The molecule has 0 radical (unpaired) electrons. The molecule has 5 heteroatoms. The van der Waals surface area contributed by atoms with Crippen LogP contribution in [0, 0.1) is 5.92 Å². The smallest absolute Gasteiger partial charge is 0.320 e. The van der Waals surface area contributed by atoms with Crippen molar-refractivity contribution in [2.75, 3.05) is 7.11 Å². The summed E-state index contributed by atoms with van der Waals surface area (Å²) in [6.07, 6.45) is 0.310. The fraction of sp³-hybridized carbons (Fsp3) is 0.778. The van der Waals surface area contributed by atoms with E-state index in [1.807, 2.05) is 0 Å². The maximum absolute atomic E-state index is 11.0. The molecule has 1 atom stereocenters. The van der Waals surface area contributed by atoms with Crippen LogP contribution in [0.4, 0.5) is 0 Å². The highest BCUT2D eigenvalue weighted by Gasteiger charge is 2.29. The van der Waals surface area contributed by atoms with Gasteiger partial charge in [0.15, 0.2) is 5.92 Å². The van der Waals surface area contributed by atoms with Crippen molar-refractivity contribution in [3.8, 4) is 0 Å². The van der Waals surface area contributed by atoms with Gasteiger partial charge in [0.25, 0.3) is 0 Å². The molecule has 0 rings (SSSR count). The van der Waals surface area contributed by atoms with Gasteiger partial charge in [0.1, 0.15) is 0 Å². The van der Waals surface area contributed by atoms with Gasteiger partial charge < -0.3 is 14.9 Å². The van der Waals surface area contributed by atoms with Gasteiger partial charge in [-0.05, 0) is 26.7 Å². The van der Waals surface area contributed by atoms with Crippen LogP contribution in [0.25, 0.3) is 0 Å². The molecule has 0 heterocycles. The Bertz CT molecular complexity index is 216. The van der Waals surface area contributed by atoms with E-state index in [-0.39, 0.29) is 12.8 Å². The first kappa shape index (κ1) is 12.9. The summed E-state index contributed by atoms with van der Waals surface area (Å²) in [6, 6.07) is 0. The lowest BCUT2D eigenvalue weighted by molar-refractivity contribution is -0.157. The topological polar surface area (TPSA) is 83.8 Å². The maximum atomic E-state index is 11.0. The minimum absolute atomic E-state index is 0.0749. The van der Waals surface area contributed by atoms with E-state index in [9.17, 15) is 14.7 Å². The van der Waals surface area contributed by atoms with Gasteiger partial charge in [-0.2, -0.15) is 0 Å². The van der Waals surface area contributed by atoms with E-state index in [0.717, 1.165) is 7.11 Å². The molecule has 14 heavy (non-hydrogen) atoms. The molecule has 1 unspecified atom stereocenters. The van der Waals surface area contributed by atoms with Crippen LogP contribution in [0.15, 0.2) is 0 Å². The summed E-state index contributed by atoms with van der Waals surface area (Å²) in [5.41, 5.74) is -0.971. The Kier molecular flexibility index (Phi) is 4.56. The Balaban J connectivity index is 4.26. The van der Waals surface area contributed by atoms with Crippen LogP contribution in [0.5, 0.6) is 0 Å². The summed E-state index contributed by atoms with van der Waals surface area (Å²) >= 11 is 0. The molecular formula is C9H16O5. The monoisotopic (exact) mass is 204 g/mol. The lowest BCUT2D eigenvalue weighted by Crippen LogP contribution is -2.28. The van der Waals surface area contributed by atoms with Gasteiger partial charge in [0.2, 0.25) is 0 Å². The molecule has 0 saturated heterocycles. The summed E-state index contributed by atoms with van der Waals surface area (Å²) < 4.78 is 4.34. The molecule has 82 valence electrons. The van der Waals surface area contributed by atoms with Crippen LogP contribution in [0.3, 0.4) is 0 Å². The first-order chi connectivity index (χ1) is 6.28. The lowest BCUT2D eigenvalue weighted by atomic mass is 9.95. The Hall–Kier alpha value is -1.10. The summed E-state index contributed by atoms with van der Waals surface area (Å²) in [5.74, 6) is -3.19. The van der Waals surface area contributed by atoms with Gasteiger partial charge in [-0.15, -0.1) is 0 Å². The highest BCUT2D eigenvalue weighted by molar-refractivity contribution is 5.93. The predicted octanol–water partition coefficient (Wildman–Crippen LogP) is 0.411. The van der Waals surface area contributed by atoms with Gasteiger partial charge in [-0.1, -0.05) is 0 Å². The van der Waals surface area contributed by atoms with Crippen LogP contribution in [-0.4, -0.2) is 34.9 Å². The number of carbonyl (C=O) groups excluding carboxylic acids is 1. The second-order valence-corrected chi connectivity index (χ2v) is 3.77. The van der Waals surface area contributed by atoms with Crippen LogP contribution in [0.1, 0.15) is 26.7 Å². The molecule has 0 aliphatic rings. The third-order valence-electron chi connectivity index (χ3n) is 1.83. The van der Waals surface area contributed by atoms with Crippen LogP contribution in [-0.2, 0) is 14.3 Å². The molecule has 0 aromatic rings. The number of methoxy groups -OCH3 is 1. The second-order valence-electron chi connectivity index (χ2n) is 3.77. The molecule has 0 aliphatic carbocycles. The van der Waals surface area contributed by atoms with E-state index in [1.165, 1.54) is 0 Å². The minimum atomic E-state index is -1.22. The number of carbonyl (C=O) groups is 2. The van der Waals surface area contributed by atoms with E-state index in [0.29, 0.717) is 0 Å². The van der Waals surface area contributed by atoms with Crippen molar-refractivity contribution in [2.24, 2.45) is 5.92 Å². The maximum Gasteiger partial charge on any atom is 0.320 e. The number of rotatable bonds is 5. The van der Waals surface area contributed by atoms with Crippen molar-refractivity contribution in [1.29, 1.82) is 0 Å². The van der Waals surface area contributed by atoms with E-state index in [4.69, 9.17) is 5.11 Å². The van der Waals surface area contributed by atoms with Gasteiger partial charge in [-0.3, -0.25) is 9.59 Å². The van der Waals surface area contributed by atoms with Crippen molar-refractivity contribution in [3.63, 3.8) is 0 Å². The summed E-state index contributed by atoms with van der Waals surface area (Å²) in [6.45, 7) is 3.12. The second kappa shape index (κ2) is 4.95. The molecule has 0 aromatic carbocycles. The van der Waals surface area contributed by atoms with Crippen LogP contribution in [0.2, 0.25) is 0 Å². The first-order valence-electron chi connectivity index (χ1n) is 4.31. The van der Waals surface area contributed by atoms with E-state index in [2.05, 4.69) is 4.74 Å². The molecule has 0 spiro atoms. The number of ether oxygens (including phenoxy) is 1. The highest BCUT2D eigenvalue weighted by Crippen LogP contribution is 2.17.